The number of pyridine rings is 1. The number of aromatic nitrogens is 2. The second-order valence-corrected chi connectivity index (χ2v) is 12.5. The Morgan fingerprint density at radius 2 is 1.71 bits per heavy atom. The zero-order chi connectivity index (χ0) is 28.8. The van der Waals surface area contributed by atoms with Gasteiger partial charge in [0.2, 0.25) is 0 Å². The Labute approximate surface area is 254 Å². The van der Waals surface area contributed by atoms with Crippen molar-refractivity contribution in [2.45, 2.75) is 59.5 Å². The van der Waals surface area contributed by atoms with Crippen LogP contribution in [0.3, 0.4) is 0 Å². The average Bonchev–Trinajstić information content (AvgIpc) is 3.46. The van der Waals surface area contributed by atoms with Crippen LogP contribution in [-0.4, -0.2) is 27.8 Å². The van der Waals surface area contributed by atoms with E-state index in [1.807, 2.05) is 18.3 Å². The molecule has 212 valence electrons. The van der Waals surface area contributed by atoms with Gasteiger partial charge in [-0.15, -0.1) is 0 Å². The van der Waals surface area contributed by atoms with Crippen molar-refractivity contribution in [1.29, 1.82) is 0 Å². The van der Waals surface area contributed by atoms with Crippen LogP contribution in [0, 0.1) is 33.6 Å². The van der Waals surface area contributed by atoms with Crippen LogP contribution in [0.5, 0.6) is 0 Å². The summed E-state index contributed by atoms with van der Waals surface area (Å²) in [6.07, 6.45) is 4.24. The van der Waals surface area contributed by atoms with Gasteiger partial charge in [-0.1, -0.05) is 36.7 Å². The number of benzene rings is 2. The predicted octanol–water partition coefficient (Wildman–Crippen LogP) is 8.17. The Morgan fingerprint density at radius 1 is 0.927 bits per heavy atom. The van der Waals surface area contributed by atoms with E-state index in [0.29, 0.717) is 5.11 Å². The van der Waals surface area contributed by atoms with Crippen LogP contribution in [0.15, 0.2) is 66.9 Å². The van der Waals surface area contributed by atoms with Crippen LogP contribution in [0.4, 0.5) is 11.4 Å². The highest BCUT2D eigenvalue weighted by molar-refractivity contribution is 7.80. The molecule has 7 heteroatoms. The molecular weight excluding hydrogens is 546 g/mol. The molecule has 0 amide bonds. The summed E-state index contributed by atoms with van der Waals surface area (Å²) in [5.74, 6) is 0.768. The van der Waals surface area contributed by atoms with E-state index in [1.54, 1.807) is 0 Å². The molecule has 2 atom stereocenters. The smallest absolute Gasteiger partial charge is 0.174 e. The lowest BCUT2D eigenvalue weighted by molar-refractivity contribution is 0.438. The number of anilines is 2. The molecule has 1 N–H and O–H groups in total. The molecule has 2 aromatic carbocycles. The maximum Gasteiger partial charge on any atom is 0.174 e. The van der Waals surface area contributed by atoms with Crippen LogP contribution < -0.4 is 15.1 Å². The Morgan fingerprint density at radius 3 is 2.41 bits per heavy atom. The summed E-state index contributed by atoms with van der Waals surface area (Å²) in [5.41, 5.74) is 10.4. The van der Waals surface area contributed by atoms with Crippen LogP contribution >= 0.6 is 23.8 Å². The third-order valence-electron chi connectivity index (χ3n) is 9.04. The first-order chi connectivity index (χ1) is 19.7. The Bertz CT molecular complexity index is 1590. The van der Waals surface area contributed by atoms with Gasteiger partial charge in [-0.2, -0.15) is 0 Å². The number of hydrogen-bond donors (Lipinski definition) is 1. The van der Waals surface area contributed by atoms with Crippen molar-refractivity contribution in [2.75, 3.05) is 22.9 Å². The summed E-state index contributed by atoms with van der Waals surface area (Å²) in [5, 5.41) is 5.06. The minimum atomic E-state index is -0.113. The molecule has 0 spiro atoms. The van der Waals surface area contributed by atoms with Crippen LogP contribution in [-0.2, 0) is 0 Å². The minimum absolute atomic E-state index is 0.0970. The minimum Gasteiger partial charge on any atom is -0.370 e. The number of rotatable bonds is 5. The Balaban J connectivity index is 1.45. The predicted molar refractivity (Wildman–Crippen MR) is 175 cm³/mol. The van der Waals surface area contributed by atoms with Crippen molar-refractivity contribution in [1.82, 2.24) is 14.9 Å². The molecule has 5 nitrogen and oxygen atoms in total. The monoisotopic (exact) mass is 583 g/mol. The SMILES string of the molecule is Cc1cccc(-n2c(C)cc([C@H]3[C@H](c4ccccn4)NC(=S)N3c3ccc(N4CCC(C)CC4)c(Cl)c3)c2C)c1C. The number of halogens is 1. The standard InChI is InChI=1S/C34H38ClN5S/c1-21-14-17-38(18-15-21)31-13-12-26(20-28(31)35)40-33(32(37-34(40)41)29-10-6-7-16-36-29)27-19-23(3)39(25(27)5)30-11-8-9-22(2)24(30)4/h6-13,16,19-21,32-33H,14-15,17-18H2,1-5H3,(H,37,41)/t32-,33-/m0/s1. The summed E-state index contributed by atoms with van der Waals surface area (Å²) in [4.78, 5) is 9.40. The third kappa shape index (κ3) is 5.02. The van der Waals surface area contributed by atoms with E-state index in [2.05, 4.69) is 103 Å². The number of nitrogens with one attached hydrogen (secondary N) is 1. The van der Waals surface area contributed by atoms with Gasteiger partial charge >= 0.3 is 0 Å². The highest BCUT2D eigenvalue weighted by atomic mass is 35.5. The molecule has 2 saturated heterocycles. The fraction of sp³-hybridized carbons (Fsp3) is 0.353. The quantitative estimate of drug-likeness (QED) is 0.240. The highest BCUT2D eigenvalue weighted by Crippen LogP contribution is 2.45. The van der Waals surface area contributed by atoms with Crippen molar-refractivity contribution in [3.8, 4) is 5.69 Å². The second kappa shape index (κ2) is 11.1. The van der Waals surface area contributed by atoms with Crippen molar-refractivity contribution in [2.24, 2.45) is 5.92 Å². The summed E-state index contributed by atoms with van der Waals surface area (Å²) in [6, 6.07) is 21.1. The molecule has 0 radical (unpaired) electrons. The first kappa shape index (κ1) is 27.8. The van der Waals surface area contributed by atoms with Crippen molar-refractivity contribution < 1.29 is 0 Å². The topological polar surface area (TPSA) is 36.3 Å². The molecule has 0 unspecified atom stereocenters. The maximum absolute atomic E-state index is 7.00. The molecule has 2 aliphatic heterocycles. The van der Waals surface area contributed by atoms with Crippen molar-refractivity contribution in [3.63, 3.8) is 0 Å². The lowest BCUT2D eigenvalue weighted by Gasteiger charge is -2.33. The summed E-state index contributed by atoms with van der Waals surface area (Å²) in [7, 11) is 0. The van der Waals surface area contributed by atoms with E-state index in [9.17, 15) is 0 Å². The van der Waals surface area contributed by atoms with Crippen LogP contribution in [0.25, 0.3) is 5.69 Å². The molecule has 4 heterocycles. The molecule has 0 aliphatic carbocycles. The Hall–Kier alpha value is -3.35. The molecule has 6 rings (SSSR count). The number of aryl methyl sites for hydroxylation is 2. The summed E-state index contributed by atoms with van der Waals surface area (Å²) >= 11 is 13.0. The van der Waals surface area contributed by atoms with E-state index < -0.39 is 0 Å². The Kier molecular flexibility index (Phi) is 7.56. The molecular formula is C34H38ClN5S. The number of piperidine rings is 1. The van der Waals surface area contributed by atoms with Crippen LogP contribution in [0.1, 0.15) is 65.6 Å². The lowest BCUT2D eigenvalue weighted by atomic mass is 9.96. The van der Waals surface area contributed by atoms with E-state index in [1.165, 1.54) is 46.6 Å². The van der Waals surface area contributed by atoms with E-state index in [4.69, 9.17) is 28.8 Å². The van der Waals surface area contributed by atoms with Crippen molar-refractivity contribution in [3.05, 3.63) is 106 Å². The zero-order valence-electron chi connectivity index (χ0n) is 24.5. The normalized spacial score (nSPS) is 19.6. The first-order valence-electron chi connectivity index (χ1n) is 14.5. The van der Waals surface area contributed by atoms with Gasteiger partial charge in [-0.25, -0.2) is 0 Å². The lowest BCUT2D eigenvalue weighted by Crippen LogP contribution is -2.33. The summed E-state index contributed by atoms with van der Waals surface area (Å²) < 4.78 is 2.38. The average molecular weight is 584 g/mol. The van der Waals surface area contributed by atoms with Gasteiger partial charge in [-0.05, 0) is 118 Å². The van der Waals surface area contributed by atoms with Gasteiger partial charge in [0.15, 0.2) is 5.11 Å². The zero-order valence-corrected chi connectivity index (χ0v) is 26.1. The number of thiocarbonyl (C=S) groups is 1. The largest absolute Gasteiger partial charge is 0.370 e. The fourth-order valence-corrected chi connectivity index (χ4v) is 7.18. The van der Waals surface area contributed by atoms with Gasteiger partial charge < -0.3 is 19.7 Å². The van der Waals surface area contributed by atoms with E-state index in [-0.39, 0.29) is 12.1 Å². The molecule has 0 saturated carbocycles. The second-order valence-electron chi connectivity index (χ2n) is 11.7. The molecule has 4 aromatic rings. The number of nitrogens with zero attached hydrogens (tertiary/aromatic N) is 4. The van der Waals surface area contributed by atoms with Crippen LogP contribution in [0.2, 0.25) is 5.02 Å². The van der Waals surface area contributed by atoms with Crippen molar-refractivity contribution >= 4 is 40.3 Å². The molecule has 2 aromatic heterocycles. The molecule has 0 bridgehead atoms. The van der Waals surface area contributed by atoms with Gasteiger partial charge in [0.1, 0.15) is 0 Å². The highest BCUT2D eigenvalue weighted by Gasteiger charge is 2.42. The van der Waals surface area contributed by atoms with Gasteiger partial charge in [0.25, 0.3) is 0 Å². The van der Waals surface area contributed by atoms with Gasteiger partial charge in [0, 0.05) is 42.0 Å². The molecule has 41 heavy (non-hydrogen) atoms. The van der Waals surface area contributed by atoms with E-state index in [0.717, 1.165) is 41.1 Å². The third-order valence-corrected chi connectivity index (χ3v) is 9.65. The van der Waals surface area contributed by atoms with E-state index >= 15 is 0 Å². The first-order valence-corrected chi connectivity index (χ1v) is 15.3. The van der Waals surface area contributed by atoms with Gasteiger partial charge in [0.05, 0.1) is 28.5 Å². The summed E-state index contributed by atoms with van der Waals surface area (Å²) in [6.45, 7) is 13.2. The van der Waals surface area contributed by atoms with Gasteiger partial charge in [-0.3, -0.25) is 4.98 Å². The molecule has 2 aliphatic rings. The number of hydrogen-bond acceptors (Lipinski definition) is 3. The fourth-order valence-electron chi connectivity index (χ4n) is 6.54. The maximum atomic E-state index is 7.00. The molecule has 2 fully saturated rings.